The highest BCUT2D eigenvalue weighted by Gasteiger charge is 2.12. The molecule has 0 radical (unpaired) electrons. The molecular weight excluding hydrogens is 301 g/mol. The Bertz CT molecular complexity index is 604. The number of carbonyl (C=O) groups excluding carboxylic acids is 1. The predicted octanol–water partition coefficient (Wildman–Crippen LogP) is 2.82. The Labute approximate surface area is 111 Å². The molecule has 18 heavy (non-hydrogen) atoms. The van der Waals surface area contributed by atoms with Gasteiger partial charge < -0.3 is 11.1 Å². The number of nitrogens with two attached hydrogens (primary N) is 1. The zero-order chi connectivity index (χ0) is 13.1. The second-order valence-electron chi connectivity index (χ2n) is 3.54. The average molecular weight is 310 g/mol. The average Bonchev–Trinajstić information content (AvgIpc) is 2.32. The number of carbonyl (C=O) groups is 1. The first-order valence-corrected chi connectivity index (χ1v) is 5.83. The van der Waals surface area contributed by atoms with E-state index < -0.39 is 11.7 Å². The van der Waals surface area contributed by atoms with Gasteiger partial charge in [-0.1, -0.05) is 15.9 Å². The molecule has 1 amide bonds. The van der Waals surface area contributed by atoms with Crippen LogP contribution in [0.1, 0.15) is 10.4 Å². The standard InChI is InChI=1S/C12H9BrFN3O/c13-7-1-2-8(10(15)5-7)12(18)17-11-3-4-16-6-9(11)14/h1-6H,15H2,(H,16,17,18). The first-order valence-electron chi connectivity index (χ1n) is 5.04. The minimum Gasteiger partial charge on any atom is -0.398 e. The van der Waals surface area contributed by atoms with Crippen molar-refractivity contribution in [3.05, 3.63) is 52.5 Å². The van der Waals surface area contributed by atoms with Crippen LogP contribution in [0.4, 0.5) is 15.8 Å². The fourth-order valence-corrected chi connectivity index (χ4v) is 1.79. The Morgan fingerprint density at radius 3 is 2.83 bits per heavy atom. The van der Waals surface area contributed by atoms with Crippen molar-refractivity contribution in [3.8, 4) is 0 Å². The van der Waals surface area contributed by atoms with E-state index in [-0.39, 0.29) is 11.3 Å². The van der Waals surface area contributed by atoms with E-state index in [1.165, 1.54) is 12.3 Å². The van der Waals surface area contributed by atoms with Crippen molar-refractivity contribution in [1.82, 2.24) is 4.98 Å². The van der Waals surface area contributed by atoms with E-state index in [0.29, 0.717) is 5.69 Å². The van der Waals surface area contributed by atoms with Gasteiger partial charge in [0.1, 0.15) is 0 Å². The van der Waals surface area contributed by atoms with E-state index in [9.17, 15) is 9.18 Å². The summed E-state index contributed by atoms with van der Waals surface area (Å²) in [6, 6.07) is 6.24. The number of halogens is 2. The molecule has 0 saturated heterocycles. The molecule has 0 atom stereocenters. The SMILES string of the molecule is Nc1cc(Br)ccc1C(=O)Nc1ccncc1F. The van der Waals surface area contributed by atoms with Gasteiger partial charge in [0.15, 0.2) is 5.82 Å². The Kier molecular flexibility index (Phi) is 3.57. The highest BCUT2D eigenvalue weighted by molar-refractivity contribution is 9.10. The van der Waals surface area contributed by atoms with Crippen molar-refractivity contribution in [2.24, 2.45) is 0 Å². The van der Waals surface area contributed by atoms with Crippen molar-refractivity contribution in [2.45, 2.75) is 0 Å². The number of nitrogens with one attached hydrogen (secondary N) is 1. The quantitative estimate of drug-likeness (QED) is 0.838. The van der Waals surface area contributed by atoms with Crippen LogP contribution in [0.15, 0.2) is 41.1 Å². The molecule has 6 heteroatoms. The van der Waals surface area contributed by atoms with Gasteiger partial charge in [0.05, 0.1) is 17.4 Å². The van der Waals surface area contributed by atoms with E-state index in [0.717, 1.165) is 10.7 Å². The molecule has 0 aliphatic rings. The Hall–Kier alpha value is -1.95. The van der Waals surface area contributed by atoms with Crippen LogP contribution in [0.3, 0.4) is 0 Å². The highest BCUT2D eigenvalue weighted by Crippen LogP contribution is 2.20. The molecule has 2 aromatic rings. The molecule has 0 spiro atoms. The van der Waals surface area contributed by atoms with Gasteiger partial charge in [-0.3, -0.25) is 9.78 Å². The smallest absolute Gasteiger partial charge is 0.257 e. The summed E-state index contributed by atoms with van der Waals surface area (Å²) >= 11 is 3.24. The lowest BCUT2D eigenvalue weighted by Crippen LogP contribution is -2.15. The summed E-state index contributed by atoms with van der Waals surface area (Å²) in [7, 11) is 0. The summed E-state index contributed by atoms with van der Waals surface area (Å²) in [6.45, 7) is 0. The molecule has 0 fully saturated rings. The number of aromatic nitrogens is 1. The zero-order valence-corrected chi connectivity index (χ0v) is 10.7. The van der Waals surface area contributed by atoms with Crippen LogP contribution in [0, 0.1) is 5.82 Å². The third kappa shape index (κ3) is 2.65. The van der Waals surface area contributed by atoms with Gasteiger partial charge in [-0.2, -0.15) is 0 Å². The Balaban J connectivity index is 2.25. The third-order valence-corrected chi connectivity index (χ3v) is 2.77. The molecule has 0 aliphatic carbocycles. The molecule has 1 aromatic carbocycles. The summed E-state index contributed by atoms with van der Waals surface area (Å²) in [6.07, 6.45) is 2.42. The second-order valence-corrected chi connectivity index (χ2v) is 4.46. The molecule has 2 rings (SSSR count). The van der Waals surface area contributed by atoms with E-state index >= 15 is 0 Å². The number of anilines is 2. The van der Waals surface area contributed by atoms with E-state index in [1.807, 2.05) is 0 Å². The first-order chi connectivity index (χ1) is 8.58. The van der Waals surface area contributed by atoms with Crippen LogP contribution in [0.25, 0.3) is 0 Å². The van der Waals surface area contributed by atoms with Crippen LogP contribution in [-0.2, 0) is 0 Å². The monoisotopic (exact) mass is 309 g/mol. The van der Waals surface area contributed by atoms with Crippen LogP contribution < -0.4 is 11.1 Å². The lowest BCUT2D eigenvalue weighted by Gasteiger charge is -2.08. The van der Waals surface area contributed by atoms with Crippen LogP contribution >= 0.6 is 15.9 Å². The summed E-state index contributed by atoms with van der Waals surface area (Å²) in [5, 5.41) is 2.44. The maximum Gasteiger partial charge on any atom is 0.257 e. The van der Waals surface area contributed by atoms with Crippen LogP contribution in [0.5, 0.6) is 0 Å². The molecule has 0 saturated carbocycles. The van der Waals surface area contributed by atoms with E-state index in [2.05, 4.69) is 26.2 Å². The third-order valence-electron chi connectivity index (χ3n) is 2.28. The van der Waals surface area contributed by atoms with Crippen molar-refractivity contribution >= 4 is 33.2 Å². The molecule has 0 unspecified atom stereocenters. The van der Waals surface area contributed by atoms with E-state index in [4.69, 9.17) is 5.73 Å². The number of nitrogen functional groups attached to an aromatic ring is 1. The molecule has 0 aliphatic heterocycles. The van der Waals surface area contributed by atoms with Crippen molar-refractivity contribution in [3.63, 3.8) is 0 Å². The number of hydrogen-bond donors (Lipinski definition) is 2. The summed E-state index contributed by atoms with van der Waals surface area (Å²) in [4.78, 5) is 15.5. The Morgan fingerprint density at radius 1 is 1.39 bits per heavy atom. The zero-order valence-electron chi connectivity index (χ0n) is 9.15. The fourth-order valence-electron chi connectivity index (χ4n) is 1.41. The van der Waals surface area contributed by atoms with Crippen LogP contribution in [-0.4, -0.2) is 10.9 Å². The summed E-state index contributed by atoms with van der Waals surface area (Å²) in [5.41, 5.74) is 6.39. The molecule has 0 bridgehead atoms. The minimum absolute atomic E-state index is 0.0670. The van der Waals surface area contributed by atoms with Crippen LogP contribution in [0.2, 0.25) is 0 Å². The van der Waals surface area contributed by atoms with Gasteiger partial charge in [-0.05, 0) is 24.3 Å². The van der Waals surface area contributed by atoms with Gasteiger partial charge >= 0.3 is 0 Å². The molecule has 4 nitrogen and oxygen atoms in total. The number of nitrogens with zero attached hydrogens (tertiary/aromatic N) is 1. The number of amides is 1. The van der Waals surface area contributed by atoms with Gasteiger partial charge in [0, 0.05) is 16.4 Å². The van der Waals surface area contributed by atoms with Gasteiger partial charge in [-0.15, -0.1) is 0 Å². The van der Waals surface area contributed by atoms with E-state index in [1.54, 1.807) is 18.2 Å². The predicted molar refractivity (Wildman–Crippen MR) is 70.7 cm³/mol. The number of pyridine rings is 1. The number of hydrogen-bond acceptors (Lipinski definition) is 3. The molecular formula is C12H9BrFN3O. The highest BCUT2D eigenvalue weighted by atomic mass is 79.9. The summed E-state index contributed by atoms with van der Waals surface area (Å²) in [5.74, 6) is -1.06. The normalized spacial score (nSPS) is 10.1. The molecule has 1 aromatic heterocycles. The largest absolute Gasteiger partial charge is 0.398 e. The molecule has 1 heterocycles. The fraction of sp³-hybridized carbons (Fsp3) is 0. The van der Waals surface area contributed by atoms with Gasteiger partial charge in [-0.25, -0.2) is 4.39 Å². The van der Waals surface area contributed by atoms with Crippen molar-refractivity contribution in [2.75, 3.05) is 11.1 Å². The van der Waals surface area contributed by atoms with Crippen molar-refractivity contribution < 1.29 is 9.18 Å². The maximum absolute atomic E-state index is 13.3. The number of rotatable bonds is 2. The lowest BCUT2D eigenvalue weighted by atomic mass is 10.1. The molecule has 92 valence electrons. The topological polar surface area (TPSA) is 68.0 Å². The second kappa shape index (κ2) is 5.14. The lowest BCUT2D eigenvalue weighted by molar-refractivity contribution is 0.102. The Morgan fingerprint density at radius 2 is 2.17 bits per heavy atom. The first kappa shape index (κ1) is 12.5. The maximum atomic E-state index is 13.3. The minimum atomic E-state index is -0.596. The van der Waals surface area contributed by atoms with Gasteiger partial charge in [0.25, 0.3) is 5.91 Å². The summed E-state index contributed by atoms with van der Waals surface area (Å²) < 4.78 is 14.1. The van der Waals surface area contributed by atoms with Gasteiger partial charge in [0.2, 0.25) is 0 Å². The molecule has 3 N–H and O–H groups in total. The number of benzene rings is 1. The van der Waals surface area contributed by atoms with Crippen molar-refractivity contribution in [1.29, 1.82) is 0 Å².